The van der Waals surface area contributed by atoms with E-state index in [-0.39, 0.29) is 10.6 Å². The van der Waals surface area contributed by atoms with Gasteiger partial charge in [-0.25, -0.2) is 0 Å². The van der Waals surface area contributed by atoms with Gasteiger partial charge in [-0.05, 0) is 36.6 Å². The first-order valence-corrected chi connectivity index (χ1v) is 13.7. The Kier molecular flexibility index (Phi) is 11.3. The van der Waals surface area contributed by atoms with Crippen LogP contribution in [0, 0.1) is 0 Å². The Morgan fingerprint density at radius 2 is 1.48 bits per heavy atom. The minimum absolute atomic E-state index is 0.226. The molecule has 2 aromatic rings. The van der Waals surface area contributed by atoms with Crippen LogP contribution in [0.25, 0.3) is 0 Å². The third-order valence-electron chi connectivity index (χ3n) is 6.42. The molecule has 0 saturated carbocycles. The van der Waals surface area contributed by atoms with Gasteiger partial charge in [-0.15, -0.1) is 0 Å². The lowest BCUT2D eigenvalue weighted by Crippen LogP contribution is -2.67. The van der Waals surface area contributed by atoms with E-state index in [4.69, 9.17) is 44.8 Å². The Bertz CT molecular complexity index is 1280. The standard InChI is InChI=1S/C30H35ClO11/c1-7-37-23-13-11-21(12-14-23)15-22-9-8-10-24(26(22)31)30(36-6)29(41-20(5)35)28(40-19(4)34)27(39-18(3)33)25(42-30)16-38-17(2)32/h8-14,25,27-29H,7,15-16H2,1-6H3/t25-,27-,28+,29-,30+/m1/s1. The highest BCUT2D eigenvalue weighted by molar-refractivity contribution is 6.32. The van der Waals surface area contributed by atoms with Gasteiger partial charge in [-0.1, -0.05) is 41.9 Å². The van der Waals surface area contributed by atoms with Crippen molar-refractivity contribution in [1.29, 1.82) is 0 Å². The molecule has 42 heavy (non-hydrogen) atoms. The minimum Gasteiger partial charge on any atom is -0.494 e. The molecule has 3 rings (SSSR count). The Morgan fingerprint density at radius 1 is 0.857 bits per heavy atom. The van der Waals surface area contributed by atoms with Gasteiger partial charge in [0, 0.05) is 40.4 Å². The highest BCUT2D eigenvalue weighted by Gasteiger charge is 2.62. The summed E-state index contributed by atoms with van der Waals surface area (Å²) in [5.74, 6) is -4.15. The fraction of sp³-hybridized carbons (Fsp3) is 0.467. The van der Waals surface area contributed by atoms with Crippen LogP contribution in [0.3, 0.4) is 0 Å². The van der Waals surface area contributed by atoms with Gasteiger partial charge in [-0.2, -0.15) is 0 Å². The van der Waals surface area contributed by atoms with E-state index in [0.717, 1.165) is 32.1 Å². The van der Waals surface area contributed by atoms with E-state index in [9.17, 15) is 19.2 Å². The zero-order valence-corrected chi connectivity index (χ0v) is 25.1. The number of carbonyl (C=O) groups excluding carboxylic acids is 4. The van der Waals surface area contributed by atoms with Crippen molar-refractivity contribution in [1.82, 2.24) is 0 Å². The largest absolute Gasteiger partial charge is 0.494 e. The molecule has 2 aromatic carbocycles. The van der Waals surface area contributed by atoms with E-state index < -0.39 is 60.7 Å². The van der Waals surface area contributed by atoms with Crippen molar-refractivity contribution in [3.63, 3.8) is 0 Å². The zero-order valence-electron chi connectivity index (χ0n) is 24.3. The molecule has 1 aliphatic rings. The van der Waals surface area contributed by atoms with Crippen molar-refractivity contribution in [3.8, 4) is 5.75 Å². The molecular weight excluding hydrogens is 572 g/mol. The lowest BCUT2D eigenvalue weighted by atomic mass is 9.86. The molecule has 1 saturated heterocycles. The van der Waals surface area contributed by atoms with Crippen LogP contribution in [-0.4, -0.2) is 68.6 Å². The Balaban J connectivity index is 2.17. The molecule has 11 nitrogen and oxygen atoms in total. The molecular formula is C30H35ClO11. The fourth-order valence-electron chi connectivity index (χ4n) is 4.83. The summed E-state index contributed by atoms with van der Waals surface area (Å²) in [7, 11) is 1.30. The highest BCUT2D eigenvalue weighted by Crippen LogP contribution is 2.46. The molecule has 0 spiro atoms. The first-order valence-electron chi connectivity index (χ1n) is 13.3. The molecule has 0 aromatic heterocycles. The third-order valence-corrected chi connectivity index (χ3v) is 6.87. The number of carbonyl (C=O) groups is 4. The van der Waals surface area contributed by atoms with Gasteiger partial charge in [-0.3, -0.25) is 19.2 Å². The summed E-state index contributed by atoms with van der Waals surface area (Å²) in [5, 5.41) is 0.226. The molecule has 1 fully saturated rings. The summed E-state index contributed by atoms with van der Waals surface area (Å²) >= 11 is 6.99. The number of methoxy groups -OCH3 is 1. The maximum Gasteiger partial charge on any atom is 0.303 e. The number of benzene rings is 2. The summed E-state index contributed by atoms with van der Waals surface area (Å²) in [4.78, 5) is 48.5. The predicted molar refractivity (Wildman–Crippen MR) is 149 cm³/mol. The molecule has 0 amide bonds. The Hall–Kier alpha value is -3.67. The van der Waals surface area contributed by atoms with E-state index in [1.165, 1.54) is 14.0 Å². The summed E-state index contributed by atoms with van der Waals surface area (Å²) in [6.07, 6.45) is -5.09. The minimum atomic E-state index is -1.99. The number of ether oxygens (including phenoxy) is 7. The first-order chi connectivity index (χ1) is 19.9. The lowest BCUT2D eigenvalue weighted by Gasteiger charge is -2.50. The molecule has 0 aliphatic carbocycles. The van der Waals surface area contributed by atoms with E-state index >= 15 is 0 Å². The average Bonchev–Trinajstić information content (AvgIpc) is 2.92. The van der Waals surface area contributed by atoms with Crippen LogP contribution in [0.2, 0.25) is 5.02 Å². The monoisotopic (exact) mass is 606 g/mol. The Labute approximate surface area is 249 Å². The second-order valence-corrected chi connectivity index (χ2v) is 9.92. The molecule has 0 bridgehead atoms. The second kappa shape index (κ2) is 14.5. The van der Waals surface area contributed by atoms with Crippen LogP contribution in [0.5, 0.6) is 5.75 Å². The molecule has 0 N–H and O–H groups in total. The van der Waals surface area contributed by atoms with Gasteiger partial charge < -0.3 is 33.2 Å². The summed E-state index contributed by atoms with van der Waals surface area (Å²) in [6, 6.07) is 12.7. The van der Waals surface area contributed by atoms with Gasteiger partial charge in [0.15, 0.2) is 12.2 Å². The van der Waals surface area contributed by atoms with Crippen molar-refractivity contribution in [3.05, 3.63) is 64.2 Å². The van der Waals surface area contributed by atoms with Crippen LogP contribution < -0.4 is 4.74 Å². The molecule has 228 valence electrons. The van der Waals surface area contributed by atoms with E-state index in [0.29, 0.717) is 18.6 Å². The third kappa shape index (κ3) is 7.78. The molecule has 0 unspecified atom stereocenters. The summed E-state index contributed by atoms with van der Waals surface area (Å²) in [5.41, 5.74) is 1.86. The smallest absolute Gasteiger partial charge is 0.303 e. The molecule has 1 aliphatic heterocycles. The summed E-state index contributed by atoms with van der Waals surface area (Å²) in [6.45, 7) is 6.67. The van der Waals surface area contributed by atoms with Crippen LogP contribution in [0.15, 0.2) is 42.5 Å². The van der Waals surface area contributed by atoms with Gasteiger partial charge in [0.1, 0.15) is 18.5 Å². The SMILES string of the molecule is CCOc1ccc(Cc2cccc([C@]3(OC)O[C@H](COC(C)=O)[C@@H](OC(C)=O)[C@H](OC(C)=O)[C@H]3OC(C)=O)c2Cl)cc1. The molecule has 1 heterocycles. The van der Waals surface area contributed by atoms with Gasteiger partial charge >= 0.3 is 23.9 Å². The topological polar surface area (TPSA) is 133 Å². The van der Waals surface area contributed by atoms with Crippen LogP contribution >= 0.6 is 11.6 Å². The fourth-order valence-corrected chi connectivity index (χ4v) is 5.16. The van der Waals surface area contributed by atoms with Crippen LogP contribution in [0.1, 0.15) is 51.3 Å². The van der Waals surface area contributed by atoms with E-state index in [1.807, 2.05) is 37.3 Å². The maximum absolute atomic E-state index is 12.4. The van der Waals surface area contributed by atoms with Gasteiger partial charge in [0.05, 0.1) is 11.6 Å². The zero-order chi connectivity index (χ0) is 31.0. The number of hydrogen-bond donors (Lipinski definition) is 0. The second-order valence-electron chi connectivity index (χ2n) is 9.54. The highest BCUT2D eigenvalue weighted by atomic mass is 35.5. The number of halogens is 1. The molecule has 12 heteroatoms. The lowest BCUT2D eigenvalue weighted by molar-refractivity contribution is -0.367. The van der Waals surface area contributed by atoms with Crippen LogP contribution in [-0.2, 0) is 59.8 Å². The van der Waals surface area contributed by atoms with Crippen molar-refractivity contribution < 1.29 is 52.3 Å². The first kappa shape index (κ1) is 32.8. The normalized spacial score (nSPS) is 23.4. The van der Waals surface area contributed by atoms with Crippen molar-refractivity contribution >= 4 is 35.5 Å². The van der Waals surface area contributed by atoms with Crippen molar-refractivity contribution in [2.45, 2.75) is 71.2 Å². The predicted octanol–water partition coefficient (Wildman–Crippen LogP) is 3.89. The quantitative estimate of drug-likeness (QED) is 0.272. The van der Waals surface area contributed by atoms with E-state index in [1.54, 1.807) is 12.1 Å². The van der Waals surface area contributed by atoms with Crippen LogP contribution in [0.4, 0.5) is 0 Å². The van der Waals surface area contributed by atoms with Gasteiger partial charge in [0.25, 0.3) is 0 Å². The van der Waals surface area contributed by atoms with Gasteiger partial charge in [0.2, 0.25) is 11.9 Å². The van der Waals surface area contributed by atoms with E-state index in [2.05, 4.69) is 0 Å². The van der Waals surface area contributed by atoms with Crippen molar-refractivity contribution in [2.75, 3.05) is 20.3 Å². The number of rotatable bonds is 11. The number of esters is 4. The number of hydrogen-bond acceptors (Lipinski definition) is 11. The van der Waals surface area contributed by atoms with Crippen molar-refractivity contribution in [2.24, 2.45) is 0 Å². The maximum atomic E-state index is 12.4. The Morgan fingerprint density at radius 3 is 2.02 bits per heavy atom. The molecule has 0 radical (unpaired) electrons. The average molecular weight is 607 g/mol. The molecule has 5 atom stereocenters. The summed E-state index contributed by atoms with van der Waals surface area (Å²) < 4.78 is 39.7.